The molecule has 5 nitrogen and oxygen atoms in total. The molecule has 0 spiro atoms. The first-order valence-corrected chi connectivity index (χ1v) is 12.6. The molecule has 37 heavy (non-hydrogen) atoms. The molecule has 1 aliphatic carbocycles. The number of hydrogen-bond acceptors (Lipinski definition) is 5. The molecule has 0 saturated heterocycles. The van der Waals surface area contributed by atoms with Crippen molar-refractivity contribution < 1.29 is 23.8 Å². The van der Waals surface area contributed by atoms with Crippen molar-refractivity contribution in [3.63, 3.8) is 0 Å². The molecule has 1 unspecified atom stereocenters. The molecule has 0 amide bonds. The Hall–Kier alpha value is -3.38. The molecule has 194 valence electrons. The Labute approximate surface area is 220 Å². The van der Waals surface area contributed by atoms with Crippen molar-refractivity contribution >= 4 is 11.6 Å². The summed E-state index contributed by atoms with van der Waals surface area (Å²) in [7, 11) is 1.66. The van der Waals surface area contributed by atoms with Crippen LogP contribution in [0.5, 0.6) is 0 Å². The highest BCUT2D eigenvalue weighted by Crippen LogP contribution is 2.45. The number of Topliss-reactive ketones (excluding diaryl/α,β-unsaturated/α-hetero) is 2. The molecule has 2 aromatic carbocycles. The predicted octanol–water partition coefficient (Wildman–Crippen LogP) is 6.50. The van der Waals surface area contributed by atoms with Crippen molar-refractivity contribution in [3.05, 3.63) is 108 Å². The second-order valence-corrected chi connectivity index (χ2v) is 8.76. The third-order valence-electron chi connectivity index (χ3n) is 6.16. The zero-order chi connectivity index (χ0) is 26.5. The second-order valence-electron chi connectivity index (χ2n) is 8.76. The van der Waals surface area contributed by atoms with Crippen molar-refractivity contribution in [3.8, 4) is 11.1 Å². The van der Waals surface area contributed by atoms with E-state index in [1.165, 1.54) is 0 Å². The van der Waals surface area contributed by atoms with Gasteiger partial charge >= 0.3 is 0 Å². The van der Waals surface area contributed by atoms with E-state index in [1.807, 2.05) is 79.8 Å². The highest BCUT2D eigenvalue weighted by molar-refractivity contribution is 6.00. The molecule has 0 heterocycles. The lowest BCUT2D eigenvalue weighted by Crippen LogP contribution is -2.12. The predicted molar refractivity (Wildman–Crippen MR) is 148 cm³/mol. The van der Waals surface area contributed by atoms with Crippen LogP contribution in [-0.2, 0) is 14.2 Å². The second kappa shape index (κ2) is 15.0. The molecule has 0 aliphatic heterocycles. The molecular formula is C32H36O5. The molecule has 0 fully saturated rings. The van der Waals surface area contributed by atoms with E-state index in [0.717, 1.165) is 35.1 Å². The molecule has 0 radical (unpaired) electrons. The van der Waals surface area contributed by atoms with Crippen LogP contribution in [0.2, 0.25) is 0 Å². The molecule has 2 aromatic rings. The molecule has 1 atom stereocenters. The standard InChI is InChI=1S/C32H36O5/c1-4-6-8-10-12-18-37-23-32(34)25-14-16-27-26-15-13-24(31(33)22-36-17-11-9-7-5-2)19-28(26)30(21-35-3)29(27)20-25/h4-10,13-16,19-20,30H,2,11-12,17-18,21-23H2,1,3H3/b6-4+,9-7+,10-8+. The molecule has 1 aliphatic rings. The topological polar surface area (TPSA) is 61.8 Å². The molecule has 0 N–H and O–H groups in total. The van der Waals surface area contributed by atoms with Crippen molar-refractivity contribution in [2.75, 3.05) is 40.1 Å². The van der Waals surface area contributed by atoms with Crippen molar-refractivity contribution in [1.29, 1.82) is 0 Å². The van der Waals surface area contributed by atoms with Gasteiger partial charge in [0.2, 0.25) is 0 Å². The Morgan fingerprint density at radius 1 is 0.838 bits per heavy atom. The summed E-state index contributed by atoms with van der Waals surface area (Å²) in [6.07, 6.45) is 14.9. The number of benzene rings is 2. The van der Waals surface area contributed by atoms with Gasteiger partial charge in [0.15, 0.2) is 11.6 Å². The van der Waals surface area contributed by atoms with E-state index < -0.39 is 0 Å². The minimum Gasteiger partial charge on any atom is -0.384 e. The number of rotatable bonds is 16. The van der Waals surface area contributed by atoms with Crippen LogP contribution >= 0.6 is 0 Å². The number of hydrogen-bond donors (Lipinski definition) is 0. The minimum atomic E-state index is -0.0591. The summed E-state index contributed by atoms with van der Waals surface area (Å²) in [5, 5.41) is 0. The van der Waals surface area contributed by atoms with E-state index in [9.17, 15) is 9.59 Å². The lowest BCUT2D eigenvalue weighted by Gasteiger charge is -2.14. The SMILES string of the molecule is C=C/C=C/CCOCC(=O)c1ccc2c(c1)C(COC)c1cc(C(=O)COCC/C=C/C=C/C)ccc1-2. The minimum absolute atomic E-state index is 0.0341. The van der Waals surface area contributed by atoms with Crippen LogP contribution in [0.3, 0.4) is 0 Å². The number of carbonyl (C=O) groups is 2. The van der Waals surface area contributed by atoms with Gasteiger partial charge in [-0.25, -0.2) is 0 Å². The zero-order valence-electron chi connectivity index (χ0n) is 21.8. The van der Waals surface area contributed by atoms with Gasteiger partial charge < -0.3 is 14.2 Å². The van der Waals surface area contributed by atoms with Crippen LogP contribution in [-0.4, -0.2) is 51.7 Å². The number of carbonyl (C=O) groups excluding carboxylic acids is 2. The van der Waals surface area contributed by atoms with Crippen LogP contribution in [0.15, 0.2) is 85.5 Å². The highest BCUT2D eigenvalue weighted by atomic mass is 16.5. The van der Waals surface area contributed by atoms with E-state index in [2.05, 4.69) is 6.58 Å². The first-order chi connectivity index (χ1) is 18.1. The van der Waals surface area contributed by atoms with Crippen molar-refractivity contribution in [2.24, 2.45) is 0 Å². The third-order valence-corrected chi connectivity index (χ3v) is 6.16. The quantitative estimate of drug-likeness (QED) is 0.150. The molecule has 3 rings (SSSR count). The fraction of sp³-hybridized carbons (Fsp3) is 0.312. The summed E-state index contributed by atoms with van der Waals surface area (Å²) < 4.78 is 16.7. The Bertz CT molecular complexity index is 1170. The van der Waals surface area contributed by atoms with Gasteiger partial charge in [0.1, 0.15) is 13.2 Å². The van der Waals surface area contributed by atoms with E-state index in [0.29, 0.717) is 30.9 Å². The van der Waals surface area contributed by atoms with Gasteiger partial charge in [-0.1, -0.05) is 73.4 Å². The lowest BCUT2D eigenvalue weighted by atomic mass is 9.94. The van der Waals surface area contributed by atoms with Gasteiger partial charge in [0.05, 0.1) is 19.8 Å². The summed E-state index contributed by atoms with van der Waals surface area (Å²) in [6, 6.07) is 11.5. The van der Waals surface area contributed by atoms with E-state index in [1.54, 1.807) is 13.2 Å². The summed E-state index contributed by atoms with van der Waals surface area (Å²) >= 11 is 0. The van der Waals surface area contributed by atoms with Crippen molar-refractivity contribution in [2.45, 2.75) is 25.7 Å². The van der Waals surface area contributed by atoms with Gasteiger partial charge in [0.25, 0.3) is 0 Å². The van der Waals surface area contributed by atoms with Gasteiger partial charge in [0, 0.05) is 24.2 Å². The number of ketones is 2. The zero-order valence-corrected chi connectivity index (χ0v) is 21.8. The Morgan fingerprint density at radius 2 is 1.38 bits per heavy atom. The van der Waals surface area contributed by atoms with E-state index in [4.69, 9.17) is 14.2 Å². The van der Waals surface area contributed by atoms with Gasteiger partial charge in [-0.3, -0.25) is 9.59 Å². The summed E-state index contributed by atoms with van der Waals surface area (Å²) in [4.78, 5) is 25.5. The largest absolute Gasteiger partial charge is 0.384 e. The summed E-state index contributed by atoms with van der Waals surface area (Å²) in [5.74, 6) is -0.169. The molecule has 0 saturated carbocycles. The average Bonchev–Trinajstić information content (AvgIpc) is 3.22. The maximum Gasteiger partial charge on any atom is 0.188 e. The first-order valence-electron chi connectivity index (χ1n) is 12.6. The molecule has 5 heteroatoms. The van der Waals surface area contributed by atoms with Crippen LogP contribution in [0.4, 0.5) is 0 Å². The van der Waals surface area contributed by atoms with E-state index in [-0.39, 0.29) is 30.7 Å². The first kappa shape index (κ1) is 28.2. The van der Waals surface area contributed by atoms with Gasteiger partial charge in [-0.15, -0.1) is 0 Å². The van der Waals surface area contributed by atoms with Crippen LogP contribution in [0.1, 0.15) is 57.5 Å². The normalized spacial score (nSPS) is 14.5. The monoisotopic (exact) mass is 500 g/mol. The fourth-order valence-corrected chi connectivity index (χ4v) is 4.33. The Kier molecular flexibility index (Phi) is 11.4. The maximum absolute atomic E-state index is 12.8. The number of fused-ring (bicyclic) bond motifs is 3. The Balaban J connectivity index is 1.68. The van der Waals surface area contributed by atoms with E-state index >= 15 is 0 Å². The average molecular weight is 501 g/mol. The number of allylic oxidation sites excluding steroid dienone is 5. The fourth-order valence-electron chi connectivity index (χ4n) is 4.33. The third kappa shape index (κ3) is 7.80. The van der Waals surface area contributed by atoms with Crippen LogP contribution in [0.25, 0.3) is 11.1 Å². The van der Waals surface area contributed by atoms with Crippen LogP contribution < -0.4 is 0 Å². The maximum atomic E-state index is 12.8. The molecule has 0 aromatic heterocycles. The van der Waals surface area contributed by atoms with Gasteiger partial charge in [-0.05, 0) is 54.2 Å². The number of ether oxygens (including phenoxy) is 3. The highest BCUT2D eigenvalue weighted by Gasteiger charge is 2.30. The summed E-state index contributed by atoms with van der Waals surface area (Å²) in [5.41, 5.74) is 5.42. The van der Waals surface area contributed by atoms with Crippen LogP contribution in [0, 0.1) is 0 Å². The molecule has 0 bridgehead atoms. The molecular weight excluding hydrogens is 464 g/mol. The Morgan fingerprint density at radius 3 is 1.86 bits per heavy atom. The smallest absolute Gasteiger partial charge is 0.188 e. The van der Waals surface area contributed by atoms with Gasteiger partial charge in [-0.2, -0.15) is 0 Å². The summed E-state index contributed by atoms with van der Waals surface area (Å²) in [6.45, 7) is 7.10. The lowest BCUT2D eigenvalue weighted by molar-refractivity contribution is 0.0764. The van der Waals surface area contributed by atoms with Crippen molar-refractivity contribution in [1.82, 2.24) is 0 Å². The number of methoxy groups -OCH3 is 1.